The van der Waals surface area contributed by atoms with Gasteiger partial charge in [0.15, 0.2) is 0 Å². The number of hydrogen-bond acceptors (Lipinski definition) is 3. The van der Waals surface area contributed by atoms with Crippen LogP contribution in [-0.4, -0.2) is 11.5 Å². The SMILES string of the molecule is C[C@H](NCCCC#N)c1ccccn1. The molecule has 0 amide bonds. The van der Waals surface area contributed by atoms with Gasteiger partial charge >= 0.3 is 0 Å². The van der Waals surface area contributed by atoms with E-state index in [1.165, 1.54) is 0 Å². The van der Waals surface area contributed by atoms with Crippen molar-refractivity contribution in [2.45, 2.75) is 25.8 Å². The molecule has 1 atom stereocenters. The fourth-order valence-electron chi connectivity index (χ4n) is 1.22. The molecular formula is C11H15N3. The third-order valence-corrected chi connectivity index (χ3v) is 2.05. The van der Waals surface area contributed by atoms with E-state index in [2.05, 4.69) is 23.3 Å². The maximum absolute atomic E-state index is 8.36. The molecule has 1 aromatic rings. The number of nitrogens with zero attached hydrogens (tertiary/aromatic N) is 2. The van der Waals surface area contributed by atoms with E-state index in [1.807, 2.05) is 18.2 Å². The number of aromatic nitrogens is 1. The van der Waals surface area contributed by atoms with Crippen LogP contribution >= 0.6 is 0 Å². The number of unbranched alkanes of at least 4 members (excludes halogenated alkanes) is 1. The predicted octanol–water partition coefficient (Wildman–Crippen LogP) is 2.04. The summed E-state index contributed by atoms with van der Waals surface area (Å²) in [6.45, 7) is 2.94. The Bertz CT molecular complexity index is 289. The molecule has 3 nitrogen and oxygen atoms in total. The molecule has 0 fully saturated rings. The topological polar surface area (TPSA) is 48.7 Å². The second-order valence-corrected chi connectivity index (χ2v) is 3.19. The summed E-state index contributed by atoms with van der Waals surface area (Å²) >= 11 is 0. The molecule has 1 rings (SSSR count). The summed E-state index contributed by atoms with van der Waals surface area (Å²) in [5.74, 6) is 0. The Balaban J connectivity index is 2.29. The predicted molar refractivity (Wildman–Crippen MR) is 55.5 cm³/mol. The quantitative estimate of drug-likeness (QED) is 0.721. The summed E-state index contributed by atoms with van der Waals surface area (Å²) in [6, 6.07) is 8.28. The van der Waals surface area contributed by atoms with Crippen LogP contribution in [0.4, 0.5) is 0 Å². The lowest BCUT2D eigenvalue weighted by molar-refractivity contribution is 0.551. The van der Waals surface area contributed by atoms with Crippen molar-refractivity contribution in [2.24, 2.45) is 0 Å². The highest BCUT2D eigenvalue weighted by molar-refractivity contribution is 5.07. The molecule has 0 aromatic carbocycles. The number of hydrogen-bond donors (Lipinski definition) is 1. The first-order valence-electron chi connectivity index (χ1n) is 4.86. The summed E-state index contributed by atoms with van der Waals surface area (Å²) in [5.41, 5.74) is 1.05. The summed E-state index contributed by atoms with van der Waals surface area (Å²) in [4.78, 5) is 4.25. The zero-order valence-corrected chi connectivity index (χ0v) is 8.40. The van der Waals surface area contributed by atoms with Gasteiger partial charge < -0.3 is 5.32 Å². The Morgan fingerprint density at radius 1 is 1.57 bits per heavy atom. The van der Waals surface area contributed by atoms with Gasteiger partial charge in [0.25, 0.3) is 0 Å². The van der Waals surface area contributed by atoms with Crippen LogP contribution in [0.3, 0.4) is 0 Å². The number of pyridine rings is 1. The van der Waals surface area contributed by atoms with E-state index in [-0.39, 0.29) is 6.04 Å². The molecule has 74 valence electrons. The Morgan fingerprint density at radius 3 is 3.07 bits per heavy atom. The number of rotatable bonds is 5. The van der Waals surface area contributed by atoms with Gasteiger partial charge in [0, 0.05) is 18.7 Å². The lowest BCUT2D eigenvalue weighted by atomic mass is 10.2. The monoisotopic (exact) mass is 189 g/mol. The van der Waals surface area contributed by atoms with Gasteiger partial charge in [-0.25, -0.2) is 0 Å². The first-order valence-corrected chi connectivity index (χ1v) is 4.86. The molecule has 14 heavy (non-hydrogen) atoms. The fourth-order valence-corrected chi connectivity index (χ4v) is 1.22. The van der Waals surface area contributed by atoms with Gasteiger partial charge in [-0.2, -0.15) is 5.26 Å². The van der Waals surface area contributed by atoms with E-state index in [9.17, 15) is 0 Å². The van der Waals surface area contributed by atoms with Crippen molar-refractivity contribution in [3.63, 3.8) is 0 Å². The first kappa shape index (κ1) is 10.7. The van der Waals surface area contributed by atoms with Gasteiger partial charge in [-0.05, 0) is 32.0 Å². The smallest absolute Gasteiger partial charge is 0.0622 e. The molecular weight excluding hydrogens is 174 g/mol. The average Bonchev–Trinajstić information content (AvgIpc) is 2.25. The highest BCUT2D eigenvalue weighted by atomic mass is 14.9. The third kappa shape index (κ3) is 3.55. The average molecular weight is 189 g/mol. The summed E-state index contributed by atoms with van der Waals surface area (Å²) in [5, 5.41) is 11.7. The number of nitriles is 1. The van der Waals surface area contributed by atoms with E-state index in [0.717, 1.165) is 18.7 Å². The Morgan fingerprint density at radius 2 is 2.43 bits per heavy atom. The van der Waals surface area contributed by atoms with Crippen LogP contribution in [0.5, 0.6) is 0 Å². The first-order chi connectivity index (χ1) is 6.84. The number of nitrogens with one attached hydrogen (secondary N) is 1. The van der Waals surface area contributed by atoms with Gasteiger partial charge in [0.05, 0.1) is 11.8 Å². The molecule has 3 heteroatoms. The van der Waals surface area contributed by atoms with E-state index < -0.39 is 0 Å². The molecule has 0 bridgehead atoms. The normalized spacial score (nSPS) is 12.0. The van der Waals surface area contributed by atoms with Crippen molar-refractivity contribution in [1.29, 1.82) is 5.26 Å². The van der Waals surface area contributed by atoms with E-state index >= 15 is 0 Å². The zero-order chi connectivity index (χ0) is 10.2. The molecule has 0 spiro atoms. The largest absolute Gasteiger partial charge is 0.309 e. The van der Waals surface area contributed by atoms with Crippen molar-refractivity contribution in [3.05, 3.63) is 30.1 Å². The van der Waals surface area contributed by atoms with Gasteiger partial charge in [0.1, 0.15) is 0 Å². The third-order valence-electron chi connectivity index (χ3n) is 2.05. The molecule has 0 saturated heterocycles. The van der Waals surface area contributed by atoms with Crippen molar-refractivity contribution >= 4 is 0 Å². The molecule has 0 aliphatic rings. The van der Waals surface area contributed by atoms with Gasteiger partial charge in [0.2, 0.25) is 0 Å². The maximum atomic E-state index is 8.36. The van der Waals surface area contributed by atoms with E-state index in [1.54, 1.807) is 6.20 Å². The fraction of sp³-hybridized carbons (Fsp3) is 0.455. The van der Waals surface area contributed by atoms with Crippen LogP contribution in [-0.2, 0) is 0 Å². The summed E-state index contributed by atoms with van der Waals surface area (Å²) in [6.07, 6.45) is 3.30. The van der Waals surface area contributed by atoms with Crippen molar-refractivity contribution < 1.29 is 0 Å². The van der Waals surface area contributed by atoms with E-state index in [0.29, 0.717) is 6.42 Å². The Hall–Kier alpha value is -1.40. The maximum Gasteiger partial charge on any atom is 0.0622 e. The lowest BCUT2D eigenvalue weighted by Crippen LogP contribution is -2.20. The van der Waals surface area contributed by atoms with Crippen LogP contribution in [0, 0.1) is 11.3 Å². The minimum absolute atomic E-state index is 0.259. The second kappa shape index (κ2) is 6.11. The molecule has 0 aliphatic carbocycles. The minimum Gasteiger partial charge on any atom is -0.309 e. The molecule has 0 saturated carbocycles. The lowest BCUT2D eigenvalue weighted by Gasteiger charge is -2.11. The summed E-state index contributed by atoms with van der Waals surface area (Å²) in [7, 11) is 0. The van der Waals surface area contributed by atoms with E-state index in [4.69, 9.17) is 5.26 Å². The highest BCUT2D eigenvalue weighted by Crippen LogP contribution is 2.07. The molecule has 1 aromatic heterocycles. The van der Waals surface area contributed by atoms with Gasteiger partial charge in [-0.3, -0.25) is 4.98 Å². The molecule has 0 radical (unpaired) electrons. The Kier molecular flexibility index (Phi) is 4.66. The second-order valence-electron chi connectivity index (χ2n) is 3.19. The van der Waals surface area contributed by atoms with Crippen LogP contribution in [0.1, 0.15) is 31.5 Å². The molecule has 1 heterocycles. The highest BCUT2D eigenvalue weighted by Gasteiger charge is 2.03. The van der Waals surface area contributed by atoms with Crippen LogP contribution < -0.4 is 5.32 Å². The molecule has 0 aliphatic heterocycles. The van der Waals surface area contributed by atoms with Crippen molar-refractivity contribution in [2.75, 3.05) is 6.54 Å². The standard InChI is InChI=1S/C11H15N3/c1-10(13-8-5-3-7-12)11-6-2-4-9-14-11/h2,4,6,9-10,13H,3,5,8H2,1H3/t10-/m0/s1. The van der Waals surface area contributed by atoms with Crippen LogP contribution in [0.15, 0.2) is 24.4 Å². The minimum atomic E-state index is 0.259. The molecule has 1 N–H and O–H groups in total. The zero-order valence-electron chi connectivity index (χ0n) is 8.40. The van der Waals surface area contributed by atoms with Gasteiger partial charge in [-0.1, -0.05) is 6.07 Å². The Labute approximate surface area is 84.8 Å². The van der Waals surface area contributed by atoms with Gasteiger partial charge in [-0.15, -0.1) is 0 Å². The van der Waals surface area contributed by atoms with Crippen molar-refractivity contribution in [1.82, 2.24) is 10.3 Å². The van der Waals surface area contributed by atoms with Crippen LogP contribution in [0.2, 0.25) is 0 Å². The summed E-state index contributed by atoms with van der Waals surface area (Å²) < 4.78 is 0. The molecule has 0 unspecified atom stereocenters. The van der Waals surface area contributed by atoms with Crippen LogP contribution in [0.25, 0.3) is 0 Å². The van der Waals surface area contributed by atoms with Crippen molar-refractivity contribution in [3.8, 4) is 6.07 Å².